The van der Waals surface area contributed by atoms with Gasteiger partial charge in [-0.05, 0) is 30.7 Å². The number of hydrogen-bond donors (Lipinski definition) is 1. The summed E-state index contributed by atoms with van der Waals surface area (Å²) in [4.78, 5) is 12.2. The predicted molar refractivity (Wildman–Crippen MR) is 109 cm³/mol. The first-order valence-corrected chi connectivity index (χ1v) is 10.3. The Morgan fingerprint density at radius 2 is 2.04 bits per heavy atom. The average Bonchev–Trinajstić information content (AvgIpc) is 3.02. The number of amides is 1. The molecule has 1 saturated heterocycles. The van der Waals surface area contributed by atoms with Gasteiger partial charge in [-0.3, -0.25) is 4.79 Å². The van der Waals surface area contributed by atoms with Gasteiger partial charge in [0.1, 0.15) is 5.75 Å². The molecule has 0 radical (unpaired) electrons. The molecule has 0 atom stereocenters. The smallest absolute Gasteiger partial charge is 0.242 e. The topological polar surface area (TPSA) is 50.7 Å². The van der Waals surface area contributed by atoms with Gasteiger partial charge in [-0.15, -0.1) is 23.5 Å². The highest BCUT2D eigenvalue weighted by molar-refractivity contribution is 8.21. The largest absolute Gasteiger partial charge is 0.493 e. The van der Waals surface area contributed by atoms with Gasteiger partial charge in [0.05, 0.1) is 23.3 Å². The first-order valence-electron chi connectivity index (χ1n) is 8.36. The zero-order chi connectivity index (χ0) is 17.7. The van der Waals surface area contributed by atoms with E-state index in [0.29, 0.717) is 13.0 Å². The molecule has 6 heteroatoms. The molecule has 0 aliphatic carbocycles. The molecule has 1 amide bonds. The molecule has 3 rings (SSSR count). The Labute approximate surface area is 156 Å². The maximum Gasteiger partial charge on any atom is 0.242 e. The molecular weight excluding hydrogens is 352 g/mol. The van der Waals surface area contributed by atoms with Crippen LogP contribution in [0.5, 0.6) is 5.75 Å². The summed E-state index contributed by atoms with van der Waals surface area (Å²) >= 11 is 3.69. The second kappa shape index (κ2) is 8.15. The molecule has 1 aliphatic rings. The van der Waals surface area contributed by atoms with E-state index in [1.807, 2.05) is 60.8 Å². The van der Waals surface area contributed by atoms with Gasteiger partial charge in [-0.25, -0.2) is 5.43 Å². The van der Waals surface area contributed by atoms with Crippen molar-refractivity contribution >= 4 is 46.4 Å². The molecule has 25 heavy (non-hydrogen) atoms. The van der Waals surface area contributed by atoms with E-state index in [1.54, 1.807) is 6.21 Å². The Hall–Kier alpha value is -1.66. The van der Waals surface area contributed by atoms with Crippen molar-refractivity contribution < 1.29 is 9.53 Å². The maximum absolute atomic E-state index is 12.2. The fraction of sp³-hybridized carbons (Fsp3) is 0.368. The fourth-order valence-electron chi connectivity index (χ4n) is 2.85. The van der Waals surface area contributed by atoms with Crippen molar-refractivity contribution in [1.29, 1.82) is 0 Å². The van der Waals surface area contributed by atoms with E-state index in [0.717, 1.165) is 33.6 Å². The molecular formula is C19H22N2O2S2. The van der Waals surface area contributed by atoms with Crippen LogP contribution in [0.1, 0.15) is 25.8 Å². The van der Waals surface area contributed by atoms with Crippen molar-refractivity contribution in [2.24, 2.45) is 5.10 Å². The lowest BCUT2D eigenvalue weighted by molar-refractivity contribution is -0.121. The number of fused-ring (bicyclic) bond motifs is 1. The van der Waals surface area contributed by atoms with Crippen LogP contribution >= 0.6 is 23.5 Å². The highest BCUT2D eigenvalue weighted by Crippen LogP contribution is 2.45. The minimum Gasteiger partial charge on any atom is -0.493 e. The van der Waals surface area contributed by atoms with Gasteiger partial charge < -0.3 is 4.74 Å². The van der Waals surface area contributed by atoms with Gasteiger partial charge in [-0.1, -0.05) is 30.3 Å². The number of thioether (sulfide) groups is 2. The third-order valence-corrected chi connectivity index (χ3v) is 7.29. The van der Waals surface area contributed by atoms with Crippen LogP contribution in [0.25, 0.3) is 10.8 Å². The number of nitrogens with one attached hydrogen (secondary N) is 1. The Bertz CT molecular complexity index is 786. The lowest BCUT2D eigenvalue weighted by Gasteiger charge is -2.19. The SMILES string of the molecule is CCOc1ccc2ccccc2c1/C=N\NC(=O)CC1(C)SCCS1. The lowest BCUT2D eigenvalue weighted by atomic mass is 10.0. The van der Waals surface area contributed by atoms with Crippen LogP contribution in [0.2, 0.25) is 0 Å². The summed E-state index contributed by atoms with van der Waals surface area (Å²) in [5, 5.41) is 6.36. The summed E-state index contributed by atoms with van der Waals surface area (Å²) in [6, 6.07) is 12.1. The van der Waals surface area contributed by atoms with Crippen molar-refractivity contribution in [2.45, 2.75) is 24.3 Å². The zero-order valence-corrected chi connectivity index (χ0v) is 16.1. The molecule has 2 aromatic carbocycles. The first-order chi connectivity index (χ1) is 12.1. The zero-order valence-electron chi connectivity index (χ0n) is 14.5. The number of benzene rings is 2. The molecule has 1 fully saturated rings. The first kappa shape index (κ1) is 18.1. The normalized spacial score (nSPS) is 16.4. The second-order valence-corrected chi connectivity index (χ2v) is 9.39. The predicted octanol–water partition coefficient (Wildman–Crippen LogP) is 4.27. The van der Waals surface area contributed by atoms with Gasteiger partial charge in [-0.2, -0.15) is 5.10 Å². The van der Waals surface area contributed by atoms with Crippen molar-refractivity contribution in [2.75, 3.05) is 18.1 Å². The highest BCUT2D eigenvalue weighted by atomic mass is 32.2. The molecule has 0 bridgehead atoms. The Kier molecular flexibility index (Phi) is 5.91. The molecule has 4 nitrogen and oxygen atoms in total. The number of ether oxygens (including phenoxy) is 1. The standard InChI is InChI=1S/C19H22N2O2S2/c1-3-23-17-9-8-14-6-4-5-7-15(14)16(17)13-20-21-18(22)12-19(2)24-10-11-25-19/h4-9,13H,3,10-12H2,1-2H3,(H,21,22)/b20-13-. The number of carbonyl (C=O) groups is 1. The fourth-order valence-corrected chi connectivity index (χ4v) is 5.68. The Morgan fingerprint density at radius 3 is 2.80 bits per heavy atom. The van der Waals surface area contributed by atoms with E-state index in [2.05, 4.69) is 23.5 Å². The van der Waals surface area contributed by atoms with Gasteiger partial charge in [0.15, 0.2) is 0 Å². The van der Waals surface area contributed by atoms with E-state index in [1.165, 1.54) is 0 Å². The van der Waals surface area contributed by atoms with E-state index >= 15 is 0 Å². The Balaban J connectivity index is 1.75. The van der Waals surface area contributed by atoms with Gasteiger partial charge in [0.2, 0.25) is 5.91 Å². The molecule has 0 unspecified atom stereocenters. The second-order valence-electron chi connectivity index (χ2n) is 5.93. The van der Waals surface area contributed by atoms with Crippen LogP contribution in [0.4, 0.5) is 0 Å². The van der Waals surface area contributed by atoms with Crippen molar-refractivity contribution in [3.8, 4) is 5.75 Å². The summed E-state index contributed by atoms with van der Waals surface area (Å²) < 4.78 is 5.68. The van der Waals surface area contributed by atoms with Crippen LogP contribution in [-0.2, 0) is 4.79 Å². The molecule has 0 spiro atoms. The molecule has 0 aromatic heterocycles. The third-order valence-electron chi connectivity index (χ3n) is 3.99. The molecule has 1 heterocycles. The van der Waals surface area contributed by atoms with Crippen LogP contribution in [0.3, 0.4) is 0 Å². The molecule has 132 valence electrons. The van der Waals surface area contributed by atoms with Crippen molar-refractivity contribution in [3.05, 3.63) is 42.0 Å². The molecule has 2 aromatic rings. The number of hydrazone groups is 1. The van der Waals surface area contributed by atoms with Crippen molar-refractivity contribution in [3.63, 3.8) is 0 Å². The lowest BCUT2D eigenvalue weighted by Crippen LogP contribution is -2.26. The van der Waals surface area contributed by atoms with Gasteiger partial charge in [0.25, 0.3) is 0 Å². The number of carbonyl (C=O) groups excluding carboxylic acids is 1. The van der Waals surface area contributed by atoms with Crippen LogP contribution in [0.15, 0.2) is 41.5 Å². The summed E-state index contributed by atoms with van der Waals surface area (Å²) in [6.07, 6.45) is 2.15. The third kappa shape index (κ3) is 4.50. The van der Waals surface area contributed by atoms with Gasteiger partial charge >= 0.3 is 0 Å². The number of nitrogens with zero attached hydrogens (tertiary/aromatic N) is 1. The quantitative estimate of drug-likeness (QED) is 0.606. The summed E-state index contributed by atoms with van der Waals surface area (Å²) in [7, 11) is 0. The van der Waals surface area contributed by atoms with Crippen LogP contribution < -0.4 is 10.2 Å². The number of rotatable bonds is 6. The number of hydrogen-bond acceptors (Lipinski definition) is 5. The highest BCUT2D eigenvalue weighted by Gasteiger charge is 2.32. The van der Waals surface area contributed by atoms with Crippen LogP contribution in [0, 0.1) is 0 Å². The van der Waals surface area contributed by atoms with E-state index in [4.69, 9.17) is 4.74 Å². The van der Waals surface area contributed by atoms with Gasteiger partial charge in [0, 0.05) is 17.1 Å². The summed E-state index contributed by atoms with van der Waals surface area (Å²) in [5.74, 6) is 2.92. The Morgan fingerprint density at radius 1 is 1.28 bits per heavy atom. The van der Waals surface area contributed by atoms with Crippen molar-refractivity contribution in [1.82, 2.24) is 5.43 Å². The average molecular weight is 375 g/mol. The van der Waals surface area contributed by atoms with E-state index in [9.17, 15) is 4.79 Å². The van der Waals surface area contributed by atoms with Crippen LogP contribution in [-0.4, -0.2) is 34.3 Å². The summed E-state index contributed by atoms with van der Waals surface area (Å²) in [6.45, 7) is 4.66. The molecule has 1 aliphatic heterocycles. The minimum absolute atomic E-state index is 0.0322. The molecule has 1 N–H and O–H groups in total. The summed E-state index contributed by atoms with van der Waals surface area (Å²) in [5.41, 5.74) is 3.55. The minimum atomic E-state index is -0.0566. The molecule has 0 saturated carbocycles. The monoisotopic (exact) mass is 374 g/mol. The maximum atomic E-state index is 12.2. The van der Waals surface area contributed by atoms with E-state index in [-0.39, 0.29) is 9.99 Å². The van der Waals surface area contributed by atoms with E-state index < -0.39 is 0 Å².